The first-order valence-corrected chi connectivity index (χ1v) is 6.15. The molecule has 0 saturated heterocycles. The molecule has 0 amide bonds. The molecule has 0 saturated carbocycles. The Morgan fingerprint density at radius 2 is 2.12 bits per heavy atom. The number of aromatic nitrogens is 3. The van der Waals surface area contributed by atoms with Crippen molar-refractivity contribution >= 4 is 27.3 Å². The Balaban J connectivity index is 2.53. The van der Waals surface area contributed by atoms with Gasteiger partial charge in [-0.1, -0.05) is 5.21 Å². The monoisotopic (exact) mass is 251 g/mol. The molecule has 0 unspecified atom stereocenters. The van der Waals surface area contributed by atoms with E-state index in [0.29, 0.717) is 23.2 Å². The Kier molecular flexibility index (Phi) is 3.06. The first kappa shape index (κ1) is 11.9. The van der Waals surface area contributed by atoms with Crippen LogP contribution in [0.5, 0.6) is 0 Å². The lowest BCUT2D eigenvalue weighted by Gasteiger charge is -2.01. The summed E-state index contributed by atoms with van der Waals surface area (Å²) >= 11 is 1.47. The molecule has 2 aromatic heterocycles. The molecular formula is C11H13N3O2S. The van der Waals surface area contributed by atoms with Gasteiger partial charge in [-0.25, -0.2) is 4.68 Å². The second-order valence-electron chi connectivity index (χ2n) is 4.03. The van der Waals surface area contributed by atoms with Crippen LogP contribution < -0.4 is 5.56 Å². The van der Waals surface area contributed by atoms with E-state index in [2.05, 4.69) is 10.3 Å². The largest absolute Gasteiger partial charge is 0.300 e. The van der Waals surface area contributed by atoms with Crippen molar-refractivity contribution in [2.45, 2.75) is 33.7 Å². The zero-order chi connectivity index (χ0) is 12.6. The molecule has 0 spiro atoms. The number of carbonyl (C=O) groups is 1. The number of carbonyl (C=O) groups excluding carboxylic acids is 1. The normalized spacial score (nSPS) is 11.0. The van der Waals surface area contributed by atoms with Gasteiger partial charge in [0, 0.05) is 11.3 Å². The summed E-state index contributed by atoms with van der Waals surface area (Å²) in [5, 5.41) is 8.50. The lowest BCUT2D eigenvalue weighted by Crippen LogP contribution is -2.25. The topological polar surface area (TPSA) is 64.8 Å². The van der Waals surface area contributed by atoms with Crippen LogP contribution in [0, 0.1) is 13.8 Å². The number of thiophene rings is 1. The number of aryl methyl sites for hydroxylation is 3. The fourth-order valence-electron chi connectivity index (χ4n) is 1.61. The highest BCUT2D eigenvalue weighted by Gasteiger charge is 2.13. The maximum atomic E-state index is 12.1. The predicted octanol–water partition coefficient (Wildman–Crippen LogP) is 1.45. The molecule has 0 atom stereocenters. The number of hydrogen-bond donors (Lipinski definition) is 0. The van der Waals surface area contributed by atoms with Gasteiger partial charge in [-0.3, -0.25) is 9.59 Å². The first-order chi connectivity index (χ1) is 8.00. The number of ketones is 1. The van der Waals surface area contributed by atoms with E-state index in [4.69, 9.17) is 0 Å². The van der Waals surface area contributed by atoms with Crippen molar-refractivity contribution in [3.8, 4) is 0 Å². The van der Waals surface area contributed by atoms with E-state index in [9.17, 15) is 9.59 Å². The lowest BCUT2D eigenvalue weighted by atomic mass is 10.2. The molecule has 0 aromatic carbocycles. The molecule has 6 heteroatoms. The summed E-state index contributed by atoms with van der Waals surface area (Å²) in [4.78, 5) is 24.8. The molecule has 0 aliphatic heterocycles. The van der Waals surface area contributed by atoms with Gasteiger partial charge in [-0.05, 0) is 26.3 Å². The van der Waals surface area contributed by atoms with Gasteiger partial charge in [0.15, 0.2) is 4.83 Å². The molecular weight excluding hydrogens is 238 g/mol. The van der Waals surface area contributed by atoms with Crippen molar-refractivity contribution in [1.29, 1.82) is 0 Å². The summed E-state index contributed by atoms with van der Waals surface area (Å²) in [5.74, 6) is 0.0389. The van der Waals surface area contributed by atoms with Crippen LogP contribution in [0.2, 0.25) is 0 Å². The van der Waals surface area contributed by atoms with Crippen LogP contribution in [0.15, 0.2) is 4.79 Å². The second-order valence-corrected chi connectivity index (χ2v) is 5.24. The number of nitrogens with zero attached hydrogens (tertiary/aromatic N) is 3. The maximum Gasteiger partial charge on any atom is 0.278 e. The zero-order valence-electron chi connectivity index (χ0n) is 9.98. The van der Waals surface area contributed by atoms with Crippen LogP contribution >= 0.6 is 11.3 Å². The Morgan fingerprint density at radius 1 is 1.41 bits per heavy atom. The first-order valence-electron chi connectivity index (χ1n) is 5.33. The van der Waals surface area contributed by atoms with E-state index >= 15 is 0 Å². The van der Waals surface area contributed by atoms with Gasteiger partial charge in [0.05, 0.1) is 11.9 Å². The third-order valence-electron chi connectivity index (χ3n) is 2.73. The minimum Gasteiger partial charge on any atom is -0.300 e. The highest BCUT2D eigenvalue weighted by Crippen LogP contribution is 2.24. The van der Waals surface area contributed by atoms with E-state index < -0.39 is 0 Å². The minimum atomic E-state index is -0.155. The summed E-state index contributed by atoms with van der Waals surface area (Å²) in [7, 11) is 0. The standard InChI is InChI=1S/C11H13N3O2S/c1-6(15)4-5-14-11(16)9-7(2)8(3)17-10(9)12-13-14/h4-5H2,1-3H3. The number of fused-ring (bicyclic) bond motifs is 1. The predicted molar refractivity (Wildman–Crippen MR) is 66.4 cm³/mol. The lowest BCUT2D eigenvalue weighted by molar-refractivity contribution is -0.117. The Labute approximate surface area is 102 Å². The minimum absolute atomic E-state index is 0.0389. The van der Waals surface area contributed by atoms with Gasteiger partial charge < -0.3 is 0 Å². The number of Topliss-reactive ketones (excluding diaryl/α,β-unsaturated/α-hetero) is 1. The maximum absolute atomic E-state index is 12.1. The van der Waals surface area contributed by atoms with Crippen molar-refractivity contribution < 1.29 is 4.79 Å². The Hall–Kier alpha value is -1.56. The van der Waals surface area contributed by atoms with Crippen molar-refractivity contribution in [3.05, 3.63) is 20.8 Å². The Bertz CT molecular complexity index is 642. The SMILES string of the molecule is CC(=O)CCn1nnc2sc(C)c(C)c2c1=O. The van der Waals surface area contributed by atoms with Crippen molar-refractivity contribution in [2.24, 2.45) is 0 Å². The average Bonchev–Trinajstić information content (AvgIpc) is 2.54. The molecule has 0 aliphatic carbocycles. The van der Waals surface area contributed by atoms with Gasteiger partial charge in [-0.2, -0.15) is 0 Å². The molecule has 0 radical (unpaired) electrons. The molecule has 0 bridgehead atoms. The summed E-state index contributed by atoms with van der Waals surface area (Å²) in [6.07, 6.45) is 0.308. The van der Waals surface area contributed by atoms with E-state index in [-0.39, 0.29) is 11.3 Å². The van der Waals surface area contributed by atoms with Gasteiger partial charge in [0.25, 0.3) is 5.56 Å². The average molecular weight is 251 g/mol. The number of rotatable bonds is 3. The number of hydrogen-bond acceptors (Lipinski definition) is 5. The van der Waals surface area contributed by atoms with E-state index in [1.54, 1.807) is 0 Å². The molecule has 0 fully saturated rings. The van der Waals surface area contributed by atoms with Crippen molar-refractivity contribution in [1.82, 2.24) is 15.0 Å². The van der Waals surface area contributed by atoms with Gasteiger partial charge >= 0.3 is 0 Å². The van der Waals surface area contributed by atoms with E-state index in [0.717, 1.165) is 10.4 Å². The second kappa shape index (κ2) is 4.37. The third kappa shape index (κ3) is 2.12. The summed E-state index contributed by atoms with van der Waals surface area (Å²) in [6.45, 7) is 5.66. The van der Waals surface area contributed by atoms with Gasteiger partial charge in [0.1, 0.15) is 5.78 Å². The smallest absolute Gasteiger partial charge is 0.278 e. The van der Waals surface area contributed by atoms with Crippen LogP contribution in [0.3, 0.4) is 0 Å². The quantitative estimate of drug-likeness (QED) is 0.828. The summed E-state index contributed by atoms with van der Waals surface area (Å²) in [5.41, 5.74) is 0.805. The summed E-state index contributed by atoms with van der Waals surface area (Å²) < 4.78 is 1.27. The van der Waals surface area contributed by atoms with Crippen molar-refractivity contribution in [2.75, 3.05) is 0 Å². The molecule has 5 nitrogen and oxygen atoms in total. The molecule has 2 heterocycles. The van der Waals surface area contributed by atoms with Gasteiger partial charge in [-0.15, -0.1) is 16.4 Å². The van der Waals surface area contributed by atoms with E-state index in [1.165, 1.54) is 22.9 Å². The van der Waals surface area contributed by atoms with Crippen molar-refractivity contribution in [3.63, 3.8) is 0 Å². The zero-order valence-corrected chi connectivity index (χ0v) is 10.8. The van der Waals surface area contributed by atoms with E-state index in [1.807, 2.05) is 13.8 Å². The van der Waals surface area contributed by atoms with Crippen LogP contribution in [0.4, 0.5) is 0 Å². The summed E-state index contributed by atoms with van der Waals surface area (Å²) in [6, 6.07) is 0. The molecule has 0 N–H and O–H groups in total. The molecule has 0 aliphatic rings. The molecule has 90 valence electrons. The fraction of sp³-hybridized carbons (Fsp3) is 0.455. The van der Waals surface area contributed by atoms with Gasteiger partial charge in [0.2, 0.25) is 0 Å². The van der Waals surface area contributed by atoms with Crippen LogP contribution in [0.25, 0.3) is 10.2 Å². The highest BCUT2D eigenvalue weighted by molar-refractivity contribution is 7.18. The molecule has 2 aromatic rings. The fourth-order valence-corrected chi connectivity index (χ4v) is 2.57. The Morgan fingerprint density at radius 3 is 2.76 bits per heavy atom. The third-order valence-corrected chi connectivity index (χ3v) is 3.83. The molecule has 17 heavy (non-hydrogen) atoms. The molecule has 2 rings (SSSR count). The van der Waals surface area contributed by atoms with Crippen LogP contribution in [0.1, 0.15) is 23.8 Å². The van der Waals surface area contributed by atoms with Crippen LogP contribution in [-0.2, 0) is 11.3 Å². The highest BCUT2D eigenvalue weighted by atomic mass is 32.1. The van der Waals surface area contributed by atoms with Crippen LogP contribution in [-0.4, -0.2) is 20.8 Å².